The van der Waals surface area contributed by atoms with E-state index in [1.54, 1.807) is 31.4 Å². The Kier molecular flexibility index (Phi) is 5.00. The first-order valence-electron chi connectivity index (χ1n) is 6.46. The van der Waals surface area contributed by atoms with Crippen molar-refractivity contribution < 1.29 is 19.4 Å². The second-order valence-electron chi connectivity index (χ2n) is 4.15. The predicted octanol–water partition coefficient (Wildman–Crippen LogP) is 3.78. The number of ether oxygens (including phenoxy) is 2. The summed E-state index contributed by atoms with van der Waals surface area (Å²) in [4.78, 5) is 12.2. The molecule has 5 heteroatoms. The molecule has 2 rings (SSSR count). The summed E-state index contributed by atoms with van der Waals surface area (Å²) < 4.78 is 10.9. The quantitative estimate of drug-likeness (QED) is 0.825. The molecule has 0 bridgehead atoms. The van der Waals surface area contributed by atoms with Gasteiger partial charge in [-0.2, -0.15) is 0 Å². The lowest BCUT2D eigenvalue weighted by Gasteiger charge is -2.12. The van der Waals surface area contributed by atoms with Crippen LogP contribution in [0.5, 0.6) is 11.5 Å². The van der Waals surface area contributed by atoms with Gasteiger partial charge in [0, 0.05) is 10.4 Å². The minimum Gasteiger partial charge on any atom is -0.492 e. The number of methoxy groups -OCH3 is 1. The predicted molar refractivity (Wildman–Crippen MR) is 84.0 cm³/mol. The number of benzene rings is 1. The molecule has 0 fully saturated rings. The highest BCUT2D eigenvalue weighted by molar-refractivity contribution is 7.11. The first-order chi connectivity index (χ1) is 10.2. The maximum atomic E-state index is 11.5. The second-order valence-corrected chi connectivity index (χ2v) is 5.10. The highest BCUT2D eigenvalue weighted by Crippen LogP contribution is 2.34. The number of carboxylic acid groups (broad SMARTS) is 1. The molecule has 0 saturated carbocycles. The third kappa shape index (κ3) is 3.44. The second kappa shape index (κ2) is 6.95. The summed E-state index contributed by atoms with van der Waals surface area (Å²) in [6.45, 7) is 2.40. The first-order valence-corrected chi connectivity index (χ1v) is 7.34. The molecule has 1 heterocycles. The van der Waals surface area contributed by atoms with E-state index >= 15 is 0 Å². The van der Waals surface area contributed by atoms with E-state index in [1.807, 2.05) is 24.4 Å². The third-order valence-corrected chi connectivity index (χ3v) is 3.73. The molecule has 0 saturated heterocycles. The Balaban J connectivity index is 2.52. The maximum absolute atomic E-state index is 11.5. The number of aliphatic carboxylic acids is 1. The van der Waals surface area contributed by atoms with E-state index in [2.05, 4.69) is 0 Å². The molecule has 2 aromatic rings. The summed E-state index contributed by atoms with van der Waals surface area (Å²) in [5.74, 6) is 0.167. The Labute approximate surface area is 127 Å². The van der Waals surface area contributed by atoms with Gasteiger partial charge in [-0.15, -0.1) is 11.3 Å². The van der Waals surface area contributed by atoms with E-state index in [0.29, 0.717) is 28.5 Å². The SMILES string of the molecule is CCOc1cccc(/C=C(\C(=O)O)c2cccs2)c1OC. The molecule has 1 N–H and O–H groups in total. The molecule has 4 nitrogen and oxygen atoms in total. The van der Waals surface area contributed by atoms with Crippen LogP contribution in [0.1, 0.15) is 17.4 Å². The molecule has 21 heavy (non-hydrogen) atoms. The van der Waals surface area contributed by atoms with Gasteiger partial charge in [-0.1, -0.05) is 18.2 Å². The van der Waals surface area contributed by atoms with Crippen molar-refractivity contribution in [2.24, 2.45) is 0 Å². The van der Waals surface area contributed by atoms with Crippen molar-refractivity contribution in [1.82, 2.24) is 0 Å². The van der Waals surface area contributed by atoms with Crippen LogP contribution < -0.4 is 9.47 Å². The van der Waals surface area contributed by atoms with Crippen LogP contribution in [0.4, 0.5) is 0 Å². The Morgan fingerprint density at radius 1 is 1.33 bits per heavy atom. The van der Waals surface area contributed by atoms with E-state index in [1.165, 1.54) is 11.3 Å². The van der Waals surface area contributed by atoms with Gasteiger partial charge in [0.15, 0.2) is 11.5 Å². The fourth-order valence-electron chi connectivity index (χ4n) is 1.96. The van der Waals surface area contributed by atoms with Gasteiger partial charge < -0.3 is 14.6 Å². The maximum Gasteiger partial charge on any atom is 0.337 e. The van der Waals surface area contributed by atoms with Crippen LogP contribution >= 0.6 is 11.3 Å². The lowest BCUT2D eigenvalue weighted by Crippen LogP contribution is -2.00. The van der Waals surface area contributed by atoms with Gasteiger partial charge in [0.05, 0.1) is 19.3 Å². The van der Waals surface area contributed by atoms with Crippen molar-refractivity contribution in [2.45, 2.75) is 6.92 Å². The summed E-state index contributed by atoms with van der Waals surface area (Å²) in [7, 11) is 1.54. The molecular formula is C16H16O4S. The zero-order valence-electron chi connectivity index (χ0n) is 11.8. The van der Waals surface area contributed by atoms with Gasteiger partial charge in [-0.25, -0.2) is 4.79 Å². The number of carboxylic acids is 1. The molecule has 0 radical (unpaired) electrons. The van der Waals surface area contributed by atoms with Gasteiger partial charge in [0.2, 0.25) is 0 Å². The average molecular weight is 304 g/mol. The van der Waals surface area contributed by atoms with Gasteiger partial charge in [-0.3, -0.25) is 0 Å². The largest absolute Gasteiger partial charge is 0.492 e. The van der Waals surface area contributed by atoms with Crippen molar-refractivity contribution in [3.05, 3.63) is 46.2 Å². The molecule has 0 spiro atoms. The lowest BCUT2D eigenvalue weighted by molar-refractivity contribution is -0.130. The zero-order valence-corrected chi connectivity index (χ0v) is 12.6. The van der Waals surface area contributed by atoms with Crippen LogP contribution in [0.25, 0.3) is 11.6 Å². The van der Waals surface area contributed by atoms with Crippen molar-refractivity contribution in [3.63, 3.8) is 0 Å². The molecule has 0 aliphatic carbocycles. The molecule has 1 aromatic heterocycles. The number of hydrogen-bond acceptors (Lipinski definition) is 4. The van der Waals surface area contributed by atoms with E-state index < -0.39 is 5.97 Å². The Bertz CT molecular complexity index is 644. The molecule has 0 unspecified atom stereocenters. The molecule has 0 aliphatic heterocycles. The number of para-hydroxylation sites is 1. The number of carbonyl (C=O) groups is 1. The minimum absolute atomic E-state index is 0.233. The third-order valence-electron chi connectivity index (χ3n) is 2.83. The van der Waals surface area contributed by atoms with Gasteiger partial charge in [0.1, 0.15) is 0 Å². The van der Waals surface area contributed by atoms with E-state index in [0.717, 1.165) is 0 Å². The van der Waals surface area contributed by atoms with Crippen LogP contribution in [-0.2, 0) is 4.79 Å². The number of hydrogen-bond donors (Lipinski definition) is 1. The highest BCUT2D eigenvalue weighted by Gasteiger charge is 2.15. The summed E-state index contributed by atoms with van der Waals surface area (Å²) in [5.41, 5.74) is 0.909. The highest BCUT2D eigenvalue weighted by atomic mass is 32.1. The van der Waals surface area contributed by atoms with Crippen LogP contribution in [0.15, 0.2) is 35.7 Å². The van der Waals surface area contributed by atoms with Crippen LogP contribution in [-0.4, -0.2) is 24.8 Å². The normalized spacial score (nSPS) is 11.2. The van der Waals surface area contributed by atoms with Gasteiger partial charge in [-0.05, 0) is 30.5 Å². The van der Waals surface area contributed by atoms with Crippen molar-refractivity contribution >= 4 is 29.0 Å². The summed E-state index contributed by atoms with van der Waals surface area (Å²) in [6, 6.07) is 9.02. The van der Waals surface area contributed by atoms with Crippen LogP contribution in [0.3, 0.4) is 0 Å². The Morgan fingerprint density at radius 3 is 2.71 bits per heavy atom. The number of rotatable bonds is 6. The van der Waals surface area contributed by atoms with Crippen molar-refractivity contribution in [1.29, 1.82) is 0 Å². The smallest absolute Gasteiger partial charge is 0.337 e. The molecule has 110 valence electrons. The molecule has 0 atom stereocenters. The van der Waals surface area contributed by atoms with Gasteiger partial charge in [0.25, 0.3) is 0 Å². The topological polar surface area (TPSA) is 55.8 Å². The van der Waals surface area contributed by atoms with Gasteiger partial charge >= 0.3 is 5.97 Å². The molecule has 1 aromatic carbocycles. The standard InChI is InChI=1S/C16H16O4S/c1-3-20-13-7-4-6-11(15(13)19-2)10-12(16(17)18)14-8-5-9-21-14/h4-10H,3H2,1-2H3,(H,17,18)/b12-10-. The monoisotopic (exact) mass is 304 g/mol. The van der Waals surface area contributed by atoms with E-state index in [9.17, 15) is 9.90 Å². The molecule has 0 aliphatic rings. The van der Waals surface area contributed by atoms with E-state index in [4.69, 9.17) is 9.47 Å². The fraction of sp³-hybridized carbons (Fsp3) is 0.188. The minimum atomic E-state index is -0.971. The average Bonchev–Trinajstić information content (AvgIpc) is 2.98. The summed E-state index contributed by atoms with van der Waals surface area (Å²) in [6.07, 6.45) is 1.61. The van der Waals surface area contributed by atoms with E-state index in [-0.39, 0.29) is 5.57 Å². The summed E-state index contributed by atoms with van der Waals surface area (Å²) in [5, 5.41) is 11.3. The first kappa shape index (κ1) is 15.1. The zero-order chi connectivity index (χ0) is 15.2. The fourth-order valence-corrected chi connectivity index (χ4v) is 2.69. The van der Waals surface area contributed by atoms with Crippen LogP contribution in [0, 0.1) is 0 Å². The summed E-state index contributed by atoms with van der Waals surface area (Å²) >= 11 is 1.39. The van der Waals surface area contributed by atoms with Crippen LogP contribution in [0.2, 0.25) is 0 Å². The number of thiophene rings is 1. The lowest BCUT2D eigenvalue weighted by atomic mass is 10.1. The molecular weight excluding hydrogens is 288 g/mol. The van der Waals surface area contributed by atoms with Crippen molar-refractivity contribution in [3.8, 4) is 11.5 Å². The van der Waals surface area contributed by atoms with Crippen molar-refractivity contribution in [2.75, 3.05) is 13.7 Å². The Morgan fingerprint density at radius 2 is 2.14 bits per heavy atom. The molecule has 0 amide bonds. The Hall–Kier alpha value is -2.27.